The Balaban J connectivity index is 1.52. The normalized spacial score (nSPS) is 14.2. The number of nitrogens with one attached hydrogen (secondary N) is 2. The molecule has 0 aliphatic carbocycles. The van der Waals surface area contributed by atoms with Gasteiger partial charge in [-0.1, -0.05) is 42.0 Å². The van der Waals surface area contributed by atoms with Crippen molar-refractivity contribution in [2.24, 2.45) is 4.99 Å². The van der Waals surface area contributed by atoms with Crippen molar-refractivity contribution >= 4 is 11.9 Å². The van der Waals surface area contributed by atoms with E-state index in [0.29, 0.717) is 13.0 Å². The van der Waals surface area contributed by atoms with Crippen molar-refractivity contribution in [1.82, 2.24) is 15.5 Å². The summed E-state index contributed by atoms with van der Waals surface area (Å²) in [4.78, 5) is 19.2. The molecule has 166 valence electrons. The lowest BCUT2D eigenvalue weighted by Gasteiger charge is -2.20. The standard InChI is InChI=1S/C25H34N4O2/c1-5-26-25(28-19(3)22-15-18(2)12-13-23(22)31-4)27-14-8-11-24(30)29-16-20-9-6-7-10-21(20)17-29/h6-7,9-10,12-13,15,19H,5,8,11,14,16-17H2,1-4H3,(H2,26,27,28). The van der Waals surface area contributed by atoms with E-state index >= 15 is 0 Å². The summed E-state index contributed by atoms with van der Waals surface area (Å²) in [5, 5.41) is 6.75. The van der Waals surface area contributed by atoms with E-state index < -0.39 is 0 Å². The van der Waals surface area contributed by atoms with Crippen LogP contribution < -0.4 is 15.4 Å². The van der Waals surface area contributed by atoms with E-state index in [0.717, 1.165) is 43.3 Å². The van der Waals surface area contributed by atoms with Crippen molar-refractivity contribution in [3.63, 3.8) is 0 Å². The number of aryl methyl sites for hydroxylation is 1. The number of benzene rings is 2. The van der Waals surface area contributed by atoms with E-state index in [2.05, 4.69) is 47.7 Å². The lowest BCUT2D eigenvalue weighted by atomic mass is 10.0. The predicted molar refractivity (Wildman–Crippen MR) is 125 cm³/mol. The quantitative estimate of drug-likeness (QED) is 0.384. The van der Waals surface area contributed by atoms with Crippen LogP contribution in [0.15, 0.2) is 47.5 Å². The molecule has 1 unspecified atom stereocenters. The highest BCUT2D eigenvalue weighted by Crippen LogP contribution is 2.26. The molecule has 1 aliphatic rings. The first-order valence-electron chi connectivity index (χ1n) is 11.1. The van der Waals surface area contributed by atoms with Crippen LogP contribution in [0.5, 0.6) is 5.75 Å². The van der Waals surface area contributed by atoms with Gasteiger partial charge in [0.25, 0.3) is 0 Å². The molecule has 2 aromatic carbocycles. The van der Waals surface area contributed by atoms with Crippen LogP contribution in [-0.2, 0) is 17.9 Å². The van der Waals surface area contributed by atoms with Crippen LogP contribution in [0.25, 0.3) is 0 Å². The van der Waals surface area contributed by atoms with Gasteiger partial charge in [-0.05, 0) is 44.4 Å². The Morgan fingerprint density at radius 1 is 1.19 bits per heavy atom. The van der Waals surface area contributed by atoms with Crippen LogP contribution in [0.3, 0.4) is 0 Å². The summed E-state index contributed by atoms with van der Waals surface area (Å²) in [5.74, 6) is 1.81. The van der Waals surface area contributed by atoms with Gasteiger partial charge < -0.3 is 20.3 Å². The first-order chi connectivity index (χ1) is 15.0. The Hall–Kier alpha value is -3.02. The molecule has 0 spiro atoms. The van der Waals surface area contributed by atoms with Crippen LogP contribution >= 0.6 is 0 Å². The average molecular weight is 423 g/mol. The molecule has 2 aromatic rings. The Morgan fingerprint density at radius 3 is 2.55 bits per heavy atom. The molecule has 0 fully saturated rings. The predicted octanol–water partition coefficient (Wildman–Crippen LogP) is 3.94. The zero-order valence-electron chi connectivity index (χ0n) is 19.1. The zero-order valence-corrected chi connectivity index (χ0v) is 19.1. The molecule has 1 amide bonds. The van der Waals surface area contributed by atoms with Crippen LogP contribution in [0, 0.1) is 6.92 Å². The first-order valence-corrected chi connectivity index (χ1v) is 11.1. The number of hydrogen-bond donors (Lipinski definition) is 2. The molecule has 1 heterocycles. The van der Waals surface area contributed by atoms with Crippen molar-refractivity contribution in [3.05, 3.63) is 64.7 Å². The van der Waals surface area contributed by atoms with Gasteiger partial charge in [-0.3, -0.25) is 9.79 Å². The number of carbonyl (C=O) groups is 1. The molecule has 1 aliphatic heterocycles. The third kappa shape index (κ3) is 6.00. The first kappa shape index (κ1) is 22.7. The number of aliphatic imine (C=N–C) groups is 1. The Labute approximate surface area is 185 Å². The van der Waals surface area contributed by atoms with Crippen LogP contribution in [0.1, 0.15) is 55.0 Å². The number of hydrogen-bond acceptors (Lipinski definition) is 3. The van der Waals surface area contributed by atoms with Gasteiger partial charge in [0, 0.05) is 38.2 Å². The molecule has 0 radical (unpaired) electrons. The highest BCUT2D eigenvalue weighted by Gasteiger charge is 2.22. The number of ether oxygens (including phenoxy) is 1. The smallest absolute Gasteiger partial charge is 0.223 e. The number of guanidine groups is 1. The Bertz CT molecular complexity index is 900. The van der Waals surface area contributed by atoms with Crippen molar-refractivity contribution in [1.29, 1.82) is 0 Å². The molecule has 3 rings (SSSR count). The molecule has 0 bridgehead atoms. The van der Waals surface area contributed by atoms with E-state index in [1.54, 1.807) is 7.11 Å². The molecule has 6 nitrogen and oxygen atoms in total. The van der Waals surface area contributed by atoms with E-state index in [4.69, 9.17) is 4.74 Å². The van der Waals surface area contributed by atoms with Crippen LogP contribution in [-0.4, -0.2) is 37.0 Å². The maximum atomic E-state index is 12.6. The molecular formula is C25H34N4O2. The lowest BCUT2D eigenvalue weighted by Crippen LogP contribution is -2.39. The number of nitrogens with zero attached hydrogens (tertiary/aromatic N) is 2. The molecular weight excluding hydrogens is 388 g/mol. The second-order valence-corrected chi connectivity index (χ2v) is 7.99. The van der Waals surface area contributed by atoms with Crippen molar-refractivity contribution < 1.29 is 9.53 Å². The average Bonchev–Trinajstić information content (AvgIpc) is 3.21. The summed E-state index contributed by atoms with van der Waals surface area (Å²) in [6.45, 7) is 9.03. The molecule has 1 atom stereocenters. The summed E-state index contributed by atoms with van der Waals surface area (Å²) < 4.78 is 5.52. The van der Waals surface area contributed by atoms with Gasteiger partial charge >= 0.3 is 0 Å². The van der Waals surface area contributed by atoms with Crippen LogP contribution in [0.4, 0.5) is 0 Å². The van der Waals surface area contributed by atoms with Gasteiger partial charge in [0.2, 0.25) is 5.91 Å². The minimum Gasteiger partial charge on any atom is -0.496 e. The second kappa shape index (κ2) is 10.8. The van der Waals surface area contributed by atoms with Crippen LogP contribution in [0.2, 0.25) is 0 Å². The zero-order chi connectivity index (χ0) is 22.2. The van der Waals surface area contributed by atoms with Gasteiger partial charge in [0.15, 0.2) is 5.96 Å². The fraction of sp³-hybridized carbons (Fsp3) is 0.440. The Kier molecular flexibility index (Phi) is 7.93. The summed E-state index contributed by atoms with van der Waals surface area (Å²) in [5.41, 5.74) is 4.80. The summed E-state index contributed by atoms with van der Waals surface area (Å²) in [6, 6.07) is 14.5. The maximum Gasteiger partial charge on any atom is 0.223 e. The van der Waals surface area contributed by atoms with Crippen molar-refractivity contribution in [3.8, 4) is 5.75 Å². The number of amides is 1. The second-order valence-electron chi connectivity index (χ2n) is 7.99. The maximum absolute atomic E-state index is 12.6. The van der Waals surface area contributed by atoms with Crippen molar-refractivity contribution in [2.45, 2.75) is 52.7 Å². The van der Waals surface area contributed by atoms with Crippen molar-refractivity contribution in [2.75, 3.05) is 20.2 Å². The minimum atomic E-state index is 0.0392. The van der Waals surface area contributed by atoms with Gasteiger partial charge in [-0.25, -0.2) is 0 Å². The SMILES string of the molecule is CCNC(=NCCCC(=O)N1Cc2ccccc2C1)NC(C)c1cc(C)ccc1OC. The van der Waals surface area contributed by atoms with E-state index in [1.165, 1.54) is 16.7 Å². The van der Waals surface area contributed by atoms with E-state index in [9.17, 15) is 4.79 Å². The monoisotopic (exact) mass is 422 g/mol. The number of methoxy groups -OCH3 is 1. The van der Waals surface area contributed by atoms with Gasteiger partial charge in [0.1, 0.15) is 5.75 Å². The molecule has 2 N–H and O–H groups in total. The molecule has 0 saturated heterocycles. The highest BCUT2D eigenvalue weighted by atomic mass is 16.5. The molecule has 31 heavy (non-hydrogen) atoms. The summed E-state index contributed by atoms with van der Waals surface area (Å²) in [6.07, 6.45) is 1.24. The molecule has 6 heteroatoms. The van der Waals surface area contributed by atoms with Gasteiger partial charge in [0.05, 0.1) is 13.2 Å². The number of fused-ring (bicyclic) bond motifs is 1. The number of rotatable bonds is 8. The fourth-order valence-corrected chi connectivity index (χ4v) is 3.88. The lowest BCUT2D eigenvalue weighted by molar-refractivity contribution is -0.131. The Morgan fingerprint density at radius 2 is 1.90 bits per heavy atom. The summed E-state index contributed by atoms with van der Waals surface area (Å²) >= 11 is 0. The van der Waals surface area contributed by atoms with Gasteiger partial charge in [-0.15, -0.1) is 0 Å². The molecule has 0 aromatic heterocycles. The van der Waals surface area contributed by atoms with Gasteiger partial charge in [-0.2, -0.15) is 0 Å². The largest absolute Gasteiger partial charge is 0.496 e. The summed E-state index contributed by atoms with van der Waals surface area (Å²) in [7, 11) is 1.69. The van der Waals surface area contributed by atoms with E-state index in [1.807, 2.05) is 36.1 Å². The topological polar surface area (TPSA) is 66.0 Å². The minimum absolute atomic E-state index is 0.0392. The fourth-order valence-electron chi connectivity index (χ4n) is 3.88. The molecule has 0 saturated carbocycles. The third-order valence-corrected chi connectivity index (χ3v) is 5.56. The number of carbonyl (C=O) groups excluding carboxylic acids is 1. The highest BCUT2D eigenvalue weighted by molar-refractivity contribution is 5.80. The van der Waals surface area contributed by atoms with E-state index in [-0.39, 0.29) is 11.9 Å². The third-order valence-electron chi connectivity index (χ3n) is 5.56.